The van der Waals surface area contributed by atoms with Crippen LogP contribution in [0.3, 0.4) is 0 Å². The number of carbonyl (C=O) groups excluding carboxylic acids is 2. The van der Waals surface area contributed by atoms with E-state index in [1.54, 1.807) is 24.3 Å². The number of nitrogens with one attached hydrogen (secondary N) is 2. The maximum absolute atomic E-state index is 13.0. The molecule has 10 heteroatoms. The van der Waals surface area contributed by atoms with Crippen LogP contribution in [0.2, 0.25) is 0 Å². The molecular formula is C20H22N4O5S. The summed E-state index contributed by atoms with van der Waals surface area (Å²) in [6.45, 7) is 1.97. The molecule has 0 spiro atoms. The van der Waals surface area contributed by atoms with Crippen LogP contribution in [0, 0.1) is 0 Å². The van der Waals surface area contributed by atoms with Crippen molar-refractivity contribution in [1.82, 2.24) is 14.5 Å². The summed E-state index contributed by atoms with van der Waals surface area (Å²) in [5, 5.41) is 15.0. The van der Waals surface area contributed by atoms with Crippen LogP contribution in [0.5, 0.6) is 5.88 Å². The molecule has 0 unspecified atom stereocenters. The summed E-state index contributed by atoms with van der Waals surface area (Å²) in [7, 11) is 1.24. The molecule has 0 fully saturated rings. The number of anilines is 1. The van der Waals surface area contributed by atoms with E-state index in [4.69, 9.17) is 0 Å². The Morgan fingerprint density at radius 2 is 2.07 bits per heavy atom. The van der Waals surface area contributed by atoms with Gasteiger partial charge in [0, 0.05) is 10.9 Å². The summed E-state index contributed by atoms with van der Waals surface area (Å²) in [5.41, 5.74) is 0.369. The topological polar surface area (TPSA) is 126 Å². The number of aromatic amines is 1. The number of H-pyrrole nitrogens is 1. The zero-order chi connectivity index (χ0) is 21.7. The van der Waals surface area contributed by atoms with Gasteiger partial charge in [-0.2, -0.15) is 0 Å². The van der Waals surface area contributed by atoms with E-state index in [1.807, 2.05) is 13.0 Å². The number of carbonyl (C=O) groups is 2. The molecule has 0 radical (unpaired) electrons. The van der Waals surface area contributed by atoms with E-state index in [0.717, 1.165) is 22.3 Å². The van der Waals surface area contributed by atoms with E-state index in [1.165, 1.54) is 12.5 Å². The number of ether oxygens (including phenoxy) is 1. The van der Waals surface area contributed by atoms with E-state index in [-0.39, 0.29) is 22.4 Å². The molecule has 3 N–H and O–H groups in total. The number of hydrogen-bond acceptors (Lipinski definition) is 7. The summed E-state index contributed by atoms with van der Waals surface area (Å²) in [6.07, 6.45) is 1.82. The Hall–Kier alpha value is -3.40. The largest absolute Gasteiger partial charge is 0.493 e. The van der Waals surface area contributed by atoms with Gasteiger partial charge >= 0.3 is 11.7 Å². The van der Waals surface area contributed by atoms with Crippen molar-refractivity contribution in [2.24, 2.45) is 0 Å². The van der Waals surface area contributed by atoms with Gasteiger partial charge < -0.3 is 20.1 Å². The lowest BCUT2D eigenvalue weighted by atomic mass is 10.1. The van der Waals surface area contributed by atoms with Crippen LogP contribution in [0.25, 0.3) is 11.3 Å². The maximum Gasteiger partial charge on any atom is 0.357 e. The second-order valence-electron chi connectivity index (χ2n) is 6.54. The number of amides is 1. The highest BCUT2D eigenvalue weighted by Crippen LogP contribution is 2.30. The summed E-state index contributed by atoms with van der Waals surface area (Å²) in [6, 6.07) is 7.95. The number of nitrogens with zero attached hydrogens (tertiary/aromatic N) is 2. The van der Waals surface area contributed by atoms with Crippen LogP contribution in [0.4, 0.5) is 5.13 Å². The van der Waals surface area contributed by atoms with Crippen molar-refractivity contribution in [3.05, 3.63) is 51.9 Å². The normalized spacial score (nSPS) is 11.8. The number of esters is 1. The van der Waals surface area contributed by atoms with Crippen molar-refractivity contribution in [1.29, 1.82) is 0 Å². The Bertz CT molecular complexity index is 1090. The lowest BCUT2D eigenvalue weighted by molar-refractivity contribution is -0.119. The molecule has 3 rings (SSSR count). The standard InChI is InChI=1S/C20H22N4O5S/c1-3-4-10-14(16(25)23-19-21-13(11-30-19)18(27)29-2)24-17(26)15(22-20(24)28)12-8-6-5-7-9-12/h5-9,11,14,26H,3-4,10H2,1-2H3,(H,22,28)(H,21,23,25)/t14-/m0/s1. The minimum atomic E-state index is -0.948. The average molecular weight is 430 g/mol. The van der Waals surface area contributed by atoms with Gasteiger partial charge in [0.1, 0.15) is 11.7 Å². The summed E-state index contributed by atoms with van der Waals surface area (Å²) >= 11 is 1.07. The number of thiazole rings is 1. The van der Waals surface area contributed by atoms with Gasteiger partial charge in [-0.05, 0) is 6.42 Å². The van der Waals surface area contributed by atoms with E-state index < -0.39 is 23.6 Å². The number of unbranched alkanes of at least 4 members (excludes halogenated alkanes) is 1. The van der Waals surface area contributed by atoms with Crippen LogP contribution >= 0.6 is 11.3 Å². The van der Waals surface area contributed by atoms with E-state index >= 15 is 0 Å². The lowest BCUT2D eigenvalue weighted by Crippen LogP contribution is -2.32. The van der Waals surface area contributed by atoms with Crippen molar-refractivity contribution in [3.8, 4) is 17.1 Å². The molecule has 0 saturated heterocycles. The molecule has 0 aliphatic rings. The fourth-order valence-electron chi connectivity index (χ4n) is 3.03. The molecule has 0 aliphatic heterocycles. The predicted octanol–water partition coefficient (Wildman–Crippen LogP) is 3.16. The summed E-state index contributed by atoms with van der Waals surface area (Å²) in [5.74, 6) is -1.43. The molecule has 2 aromatic heterocycles. The molecule has 0 saturated carbocycles. The molecule has 1 amide bonds. The van der Waals surface area contributed by atoms with Gasteiger partial charge in [0.15, 0.2) is 10.8 Å². The fraction of sp³-hybridized carbons (Fsp3) is 0.300. The first-order valence-corrected chi connectivity index (χ1v) is 10.3. The zero-order valence-corrected chi connectivity index (χ0v) is 17.4. The highest BCUT2D eigenvalue weighted by molar-refractivity contribution is 7.14. The van der Waals surface area contributed by atoms with Crippen LogP contribution in [0.15, 0.2) is 40.5 Å². The van der Waals surface area contributed by atoms with Crippen molar-refractivity contribution in [2.75, 3.05) is 12.4 Å². The molecule has 9 nitrogen and oxygen atoms in total. The Labute approximate surface area is 176 Å². The number of aromatic nitrogens is 3. The zero-order valence-electron chi connectivity index (χ0n) is 16.5. The highest BCUT2D eigenvalue weighted by atomic mass is 32.1. The molecule has 158 valence electrons. The smallest absolute Gasteiger partial charge is 0.357 e. The first kappa shape index (κ1) is 21.3. The fourth-order valence-corrected chi connectivity index (χ4v) is 3.71. The van der Waals surface area contributed by atoms with Gasteiger partial charge in [0.2, 0.25) is 11.8 Å². The van der Waals surface area contributed by atoms with Crippen molar-refractivity contribution in [3.63, 3.8) is 0 Å². The van der Waals surface area contributed by atoms with Gasteiger partial charge in [0.25, 0.3) is 0 Å². The van der Waals surface area contributed by atoms with Crippen molar-refractivity contribution >= 4 is 28.3 Å². The molecular weight excluding hydrogens is 408 g/mol. The van der Waals surface area contributed by atoms with E-state index in [9.17, 15) is 19.5 Å². The van der Waals surface area contributed by atoms with Crippen LogP contribution in [-0.2, 0) is 9.53 Å². The van der Waals surface area contributed by atoms with Crippen LogP contribution in [0.1, 0.15) is 42.7 Å². The van der Waals surface area contributed by atoms with Gasteiger partial charge in [-0.3, -0.25) is 9.36 Å². The Kier molecular flexibility index (Phi) is 6.68. The maximum atomic E-state index is 13.0. The summed E-state index contributed by atoms with van der Waals surface area (Å²) in [4.78, 5) is 43.8. The second-order valence-corrected chi connectivity index (χ2v) is 7.40. The minimum Gasteiger partial charge on any atom is -0.493 e. The predicted molar refractivity (Wildman–Crippen MR) is 113 cm³/mol. The van der Waals surface area contributed by atoms with Crippen molar-refractivity contribution in [2.45, 2.75) is 32.2 Å². The average Bonchev–Trinajstić information content (AvgIpc) is 3.33. The molecule has 0 aliphatic carbocycles. The molecule has 1 aromatic carbocycles. The number of aromatic hydroxyl groups is 1. The van der Waals surface area contributed by atoms with Crippen LogP contribution in [-0.4, -0.2) is 38.6 Å². The molecule has 2 heterocycles. The number of imidazole rings is 1. The number of benzene rings is 1. The Balaban J connectivity index is 1.92. The van der Waals surface area contributed by atoms with Gasteiger partial charge in [-0.15, -0.1) is 11.3 Å². The molecule has 1 atom stereocenters. The number of rotatable bonds is 8. The summed E-state index contributed by atoms with van der Waals surface area (Å²) < 4.78 is 5.67. The third kappa shape index (κ3) is 4.43. The lowest BCUT2D eigenvalue weighted by Gasteiger charge is -2.17. The van der Waals surface area contributed by atoms with Gasteiger partial charge in [0.05, 0.1) is 7.11 Å². The quantitative estimate of drug-likeness (QED) is 0.471. The first-order chi connectivity index (χ1) is 14.5. The highest BCUT2D eigenvalue weighted by Gasteiger charge is 2.28. The van der Waals surface area contributed by atoms with E-state index in [0.29, 0.717) is 18.4 Å². The monoisotopic (exact) mass is 430 g/mol. The second kappa shape index (κ2) is 9.40. The third-order valence-corrected chi connectivity index (χ3v) is 5.30. The molecule has 0 bridgehead atoms. The van der Waals surface area contributed by atoms with Gasteiger partial charge in [-0.1, -0.05) is 50.1 Å². The third-order valence-electron chi connectivity index (χ3n) is 4.54. The SMILES string of the molecule is CCCC[C@@H](C(=O)Nc1nc(C(=O)OC)cs1)n1c(O)c(-c2ccccc2)[nH]c1=O. The Morgan fingerprint density at radius 3 is 2.73 bits per heavy atom. The number of hydrogen-bond donors (Lipinski definition) is 3. The van der Waals surface area contributed by atoms with Crippen molar-refractivity contribution < 1.29 is 19.4 Å². The van der Waals surface area contributed by atoms with Gasteiger partial charge in [-0.25, -0.2) is 14.6 Å². The Morgan fingerprint density at radius 1 is 1.33 bits per heavy atom. The first-order valence-electron chi connectivity index (χ1n) is 9.39. The molecule has 3 aromatic rings. The minimum absolute atomic E-state index is 0.0796. The van der Waals surface area contributed by atoms with Crippen LogP contribution < -0.4 is 11.0 Å². The molecule has 30 heavy (non-hydrogen) atoms. The van der Waals surface area contributed by atoms with E-state index in [2.05, 4.69) is 20.0 Å². The number of methoxy groups -OCH3 is 1.